The molecule has 1 rings (SSSR count). The van der Waals surface area contributed by atoms with Crippen LogP contribution in [-0.2, 0) is 10.0 Å². The zero-order valence-corrected chi connectivity index (χ0v) is 10.6. The smallest absolute Gasteiger partial charge is 0.209 e. The molecule has 1 aromatic carbocycles. The van der Waals surface area contributed by atoms with Crippen molar-refractivity contribution < 1.29 is 17.9 Å². The number of ether oxygens (including phenoxy) is 2. The third-order valence-electron chi connectivity index (χ3n) is 2.15. The van der Waals surface area contributed by atoms with E-state index in [1.54, 1.807) is 31.4 Å². The summed E-state index contributed by atoms with van der Waals surface area (Å²) in [5.41, 5.74) is 0. The predicted octanol–water partition coefficient (Wildman–Crippen LogP) is 1.14. The molecule has 6 heteroatoms. The zero-order valence-electron chi connectivity index (χ0n) is 9.76. The van der Waals surface area contributed by atoms with Crippen LogP contribution in [0, 0.1) is 0 Å². The van der Waals surface area contributed by atoms with E-state index in [-0.39, 0.29) is 5.75 Å². The Morgan fingerprint density at radius 1 is 1.12 bits per heavy atom. The van der Waals surface area contributed by atoms with Crippen molar-refractivity contribution in [3.8, 4) is 11.5 Å². The van der Waals surface area contributed by atoms with Crippen LogP contribution < -0.4 is 14.6 Å². The summed E-state index contributed by atoms with van der Waals surface area (Å²) in [6, 6.07) is 7.22. The molecule has 2 N–H and O–H groups in total. The first-order chi connectivity index (χ1) is 8.01. The highest BCUT2D eigenvalue weighted by molar-refractivity contribution is 7.89. The van der Waals surface area contributed by atoms with Gasteiger partial charge in [-0.25, -0.2) is 13.6 Å². The molecule has 0 fully saturated rings. The Morgan fingerprint density at radius 2 is 1.71 bits per heavy atom. The average molecular weight is 259 g/mol. The van der Waals surface area contributed by atoms with Crippen LogP contribution in [0.3, 0.4) is 0 Å². The number of benzene rings is 1. The summed E-state index contributed by atoms with van der Waals surface area (Å²) in [6.45, 7) is 0.474. The molecule has 0 saturated heterocycles. The van der Waals surface area contributed by atoms with E-state index in [0.29, 0.717) is 19.4 Å². The third-order valence-corrected chi connectivity index (χ3v) is 3.01. The van der Waals surface area contributed by atoms with Crippen molar-refractivity contribution in [1.82, 2.24) is 0 Å². The molecule has 17 heavy (non-hydrogen) atoms. The quantitative estimate of drug-likeness (QED) is 0.745. The highest BCUT2D eigenvalue weighted by Crippen LogP contribution is 2.17. The summed E-state index contributed by atoms with van der Waals surface area (Å²) in [7, 11) is -1.75. The van der Waals surface area contributed by atoms with Gasteiger partial charge in [-0.2, -0.15) is 0 Å². The fourth-order valence-corrected chi connectivity index (χ4v) is 1.87. The largest absolute Gasteiger partial charge is 0.497 e. The molecule has 5 nitrogen and oxygen atoms in total. The van der Waals surface area contributed by atoms with Crippen molar-refractivity contribution >= 4 is 10.0 Å². The lowest BCUT2D eigenvalue weighted by Gasteiger charge is -2.06. The van der Waals surface area contributed by atoms with Crippen molar-refractivity contribution in [2.24, 2.45) is 5.14 Å². The minimum Gasteiger partial charge on any atom is -0.497 e. The molecular weight excluding hydrogens is 242 g/mol. The standard InChI is InChI=1S/C11H17NO4S/c1-15-10-4-6-11(7-5-10)16-8-2-3-9-17(12,13)14/h4-7H,2-3,8-9H2,1H3,(H2,12,13,14). The van der Waals surface area contributed by atoms with Crippen LogP contribution in [0.4, 0.5) is 0 Å². The van der Waals surface area contributed by atoms with Gasteiger partial charge in [0.15, 0.2) is 0 Å². The highest BCUT2D eigenvalue weighted by Gasteiger charge is 2.01. The molecule has 0 atom stereocenters. The number of hydrogen-bond donors (Lipinski definition) is 1. The number of nitrogens with two attached hydrogens (primary N) is 1. The molecule has 0 aromatic heterocycles. The van der Waals surface area contributed by atoms with E-state index >= 15 is 0 Å². The number of rotatable bonds is 7. The second-order valence-electron chi connectivity index (χ2n) is 3.60. The number of sulfonamides is 1. The molecule has 0 amide bonds. The van der Waals surface area contributed by atoms with E-state index in [1.165, 1.54) is 0 Å². The second-order valence-corrected chi connectivity index (χ2v) is 5.33. The third kappa shape index (κ3) is 6.13. The van der Waals surface area contributed by atoms with Gasteiger partial charge in [-0.3, -0.25) is 0 Å². The van der Waals surface area contributed by atoms with Crippen LogP contribution in [0.1, 0.15) is 12.8 Å². The summed E-state index contributed by atoms with van der Waals surface area (Å²) in [5.74, 6) is 1.51. The Morgan fingerprint density at radius 3 is 2.24 bits per heavy atom. The van der Waals surface area contributed by atoms with Gasteiger partial charge in [-0.1, -0.05) is 0 Å². The maximum atomic E-state index is 10.7. The number of hydrogen-bond acceptors (Lipinski definition) is 4. The van der Waals surface area contributed by atoms with Crippen LogP contribution in [0.25, 0.3) is 0 Å². The van der Waals surface area contributed by atoms with Crippen molar-refractivity contribution in [3.63, 3.8) is 0 Å². The molecular formula is C11H17NO4S. The molecule has 0 heterocycles. The van der Waals surface area contributed by atoms with Gasteiger partial charge in [0.1, 0.15) is 11.5 Å². The lowest BCUT2D eigenvalue weighted by molar-refractivity contribution is 0.309. The molecule has 0 aliphatic carbocycles. The Bertz CT molecular complexity index is 427. The van der Waals surface area contributed by atoms with Gasteiger partial charge in [0.25, 0.3) is 0 Å². The van der Waals surface area contributed by atoms with Gasteiger partial charge < -0.3 is 9.47 Å². The second kappa shape index (κ2) is 6.46. The van der Waals surface area contributed by atoms with Crippen molar-refractivity contribution in [2.45, 2.75) is 12.8 Å². The van der Waals surface area contributed by atoms with E-state index in [1.807, 2.05) is 0 Å². The minimum absolute atomic E-state index is 0.00102. The maximum absolute atomic E-state index is 10.7. The van der Waals surface area contributed by atoms with E-state index in [4.69, 9.17) is 14.6 Å². The fraction of sp³-hybridized carbons (Fsp3) is 0.455. The molecule has 0 spiro atoms. The Hall–Kier alpha value is -1.27. The highest BCUT2D eigenvalue weighted by atomic mass is 32.2. The summed E-state index contributed by atoms with van der Waals surface area (Å²) < 4.78 is 31.8. The maximum Gasteiger partial charge on any atom is 0.209 e. The molecule has 0 aliphatic heterocycles. The normalized spacial score (nSPS) is 11.2. The summed E-state index contributed by atoms with van der Waals surface area (Å²) >= 11 is 0. The molecule has 1 aromatic rings. The zero-order chi connectivity index (χ0) is 12.7. The van der Waals surface area contributed by atoms with Crippen molar-refractivity contribution in [3.05, 3.63) is 24.3 Å². The van der Waals surface area contributed by atoms with Crippen LogP contribution in [0.2, 0.25) is 0 Å². The molecule has 96 valence electrons. The molecule has 0 saturated carbocycles. The van der Waals surface area contributed by atoms with Crippen molar-refractivity contribution in [2.75, 3.05) is 19.5 Å². The topological polar surface area (TPSA) is 78.6 Å². The predicted molar refractivity (Wildman–Crippen MR) is 65.7 cm³/mol. The van der Waals surface area contributed by atoms with E-state index in [0.717, 1.165) is 11.5 Å². The monoisotopic (exact) mass is 259 g/mol. The van der Waals surface area contributed by atoms with Gasteiger partial charge in [-0.05, 0) is 37.1 Å². The first-order valence-corrected chi connectivity index (χ1v) is 7.00. The number of unbranched alkanes of at least 4 members (excludes halogenated alkanes) is 1. The van der Waals surface area contributed by atoms with Crippen LogP contribution >= 0.6 is 0 Å². The minimum atomic E-state index is -3.35. The Balaban J connectivity index is 2.22. The van der Waals surface area contributed by atoms with Gasteiger partial charge in [0.05, 0.1) is 19.5 Å². The molecule has 0 aliphatic rings. The SMILES string of the molecule is COc1ccc(OCCCCS(N)(=O)=O)cc1. The lowest BCUT2D eigenvalue weighted by atomic mass is 10.3. The molecule has 0 unspecified atom stereocenters. The molecule has 0 bridgehead atoms. The molecule has 0 radical (unpaired) electrons. The number of methoxy groups -OCH3 is 1. The van der Waals surface area contributed by atoms with Gasteiger partial charge in [-0.15, -0.1) is 0 Å². The fourth-order valence-electron chi connectivity index (χ4n) is 1.27. The van der Waals surface area contributed by atoms with Gasteiger partial charge in [0, 0.05) is 0 Å². The lowest BCUT2D eigenvalue weighted by Crippen LogP contribution is -2.16. The first kappa shape index (κ1) is 13.8. The summed E-state index contributed by atoms with van der Waals surface area (Å²) in [6.07, 6.45) is 1.16. The first-order valence-electron chi connectivity index (χ1n) is 5.28. The van der Waals surface area contributed by atoms with Crippen LogP contribution in [0.5, 0.6) is 11.5 Å². The Kier molecular flexibility index (Phi) is 5.24. The van der Waals surface area contributed by atoms with E-state index in [9.17, 15) is 8.42 Å². The number of primary sulfonamides is 1. The van der Waals surface area contributed by atoms with E-state index < -0.39 is 10.0 Å². The van der Waals surface area contributed by atoms with Gasteiger partial charge >= 0.3 is 0 Å². The average Bonchev–Trinajstić information content (AvgIpc) is 2.28. The van der Waals surface area contributed by atoms with E-state index in [2.05, 4.69) is 0 Å². The van der Waals surface area contributed by atoms with Gasteiger partial charge in [0.2, 0.25) is 10.0 Å². The van der Waals surface area contributed by atoms with Crippen molar-refractivity contribution in [1.29, 1.82) is 0 Å². The summed E-state index contributed by atoms with van der Waals surface area (Å²) in [4.78, 5) is 0. The van der Waals surface area contributed by atoms with Crippen LogP contribution in [-0.4, -0.2) is 27.9 Å². The summed E-state index contributed by atoms with van der Waals surface area (Å²) in [5, 5.41) is 4.88. The van der Waals surface area contributed by atoms with Crippen LogP contribution in [0.15, 0.2) is 24.3 Å². The Labute approximate surface area is 102 Å².